The molecule has 1 atom stereocenters. The zero-order valence-electron chi connectivity index (χ0n) is 11.2. The smallest absolute Gasteiger partial charge is 0.0256 e. The zero-order valence-corrected chi connectivity index (χ0v) is 12.0. The molecule has 2 rings (SSSR count). The minimum atomic E-state index is 0.469. The van der Waals surface area contributed by atoms with Crippen LogP contribution in [0.4, 0.5) is 0 Å². The van der Waals surface area contributed by atoms with E-state index >= 15 is 0 Å². The summed E-state index contributed by atoms with van der Waals surface area (Å²) in [5.74, 6) is 1.33. The van der Waals surface area contributed by atoms with Crippen molar-refractivity contribution in [1.29, 1.82) is 0 Å². The maximum absolute atomic E-state index is 3.64. The monoisotopic (exact) mass is 249 g/mol. The molecule has 1 saturated heterocycles. The van der Waals surface area contributed by atoms with Gasteiger partial charge in [-0.05, 0) is 56.1 Å². The quantitative estimate of drug-likeness (QED) is 0.873. The fourth-order valence-electron chi connectivity index (χ4n) is 2.56. The fraction of sp³-hybridized carbons (Fsp3) is 0.600. The molecule has 1 aromatic rings. The first kappa shape index (κ1) is 13.0. The number of benzene rings is 1. The molecule has 0 spiro atoms. The van der Waals surface area contributed by atoms with Crippen LogP contribution in [-0.4, -0.2) is 17.0 Å². The highest BCUT2D eigenvalue weighted by Crippen LogP contribution is 2.37. The number of rotatable bonds is 4. The summed E-state index contributed by atoms with van der Waals surface area (Å²) in [5, 5.41) is 3.64. The topological polar surface area (TPSA) is 12.0 Å². The molecule has 1 unspecified atom stereocenters. The SMILES string of the molecule is Cc1cccc(C)c1CNCC1(C)CCCS1. The van der Waals surface area contributed by atoms with E-state index in [2.05, 4.69) is 56.0 Å². The van der Waals surface area contributed by atoms with Gasteiger partial charge in [-0.1, -0.05) is 18.2 Å². The highest BCUT2D eigenvalue weighted by Gasteiger charge is 2.28. The van der Waals surface area contributed by atoms with E-state index in [0.29, 0.717) is 4.75 Å². The summed E-state index contributed by atoms with van der Waals surface area (Å²) in [5.41, 5.74) is 4.28. The second-order valence-electron chi connectivity index (χ2n) is 5.38. The van der Waals surface area contributed by atoms with E-state index in [1.807, 2.05) is 0 Å². The normalized spacial score (nSPS) is 24.2. The van der Waals surface area contributed by atoms with Crippen molar-refractivity contribution in [2.45, 2.75) is 44.9 Å². The molecular weight excluding hydrogens is 226 g/mol. The van der Waals surface area contributed by atoms with Gasteiger partial charge in [-0.15, -0.1) is 0 Å². The van der Waals surface area contributed by atoms with Crippen LogP contribution in [0, 0.1) is 13.8 Å². The molecule has 0 saturated carbocycles. The van der Waals surface area contributed by atoms with Crippen LogP contribution in [0.5, 0.6) is 0 Å². The number of hydrogen-bond acceptors (Lipinski definition) is 2. The summed E-state index contributed by atoms with van der Waals surface area (Å²) >= 11 is 2.13. The summed E-state index contributed by atoms with van der Waals surface area (Å²) < 4.78 is 0.469. The Labute approximate surface area is 109 Å². The second-order valence-corrected chi connectivity index (χ2v) is 7.06. The number of thioether (sulfide) groups is 1. The van der Waals surface area contributed by atoms with E-state index in [9.17, 15) is 0 Å². The van der Waals surface area contributed by atoms with Gasteiger partial charge in [0.2, 0.25) is 0 Å². The third kappa shape index (κ3) is 3.26. The Bertz CT molecular complexity index is 360. The van der Waals surface area contributed by atoms with Crippen molar-refractivity contribution in [2.75, 3.05) is 12.3 Å². The molecule has 0 radical (unpaired) electrons. The van der Waals surface area contributed by atoms with E-state index < -0.39 is 0 Å². The van der Waals surface area contributed by atoms with Crippen LogP contribution >= 0.6 is 11.8 Å². The molecule has 1 nitrogen and oxygen atoms in total. The minimum Gasteiger partial charge on any atom is -0.311 e. The second kappa shape index (κ2) is 5.45. The van der Waals surface area contributed by atoms with Crippen molar-refractivity contribution in [3.8, 4) is 0 Å². The van der Waals surface area contributed by atoms with Gasteiger partial charge < -0.3 is 5.32 Å². The average Bonchev–Trinajstić information content (AvgIpc) is 2.70. The summed E-state index contributed by atoms with van der Waals surface area (Å²) in [4.78, 5) is 0. The maximum atomic E-state index is 3.64. The van der Waals surface area contributed by atoms with Crippen LogP contribution in [-0.2, 0) is 6.54 Å². The first-order chi connectivity index (χ1) is 8.11. The lowest BCUT2D eigenvalue weighted by molar-refractivity contribution is 0.536. The Hall–Kier alpha value is -0.470. The van der Waals surface area contributed by atoms with Crippen LogP contribution in [0.1, 0.15) is 36.5 Å². The first-order valence-corrected chi connectivity index (χ1v) is 7.49. The van der Waals surface area contributed by atoms with Gasteiger partial charge in [0, 0.05) is 17.8 Å². The molecule has 0 bridgehead atoms. The minimum absolute atomic E-state index is 0.469. The van der Waals surface area contributed by atoms with Crippen LogP contribution in [0.2, 0.25) is 0 Å². The van der Waals surface area contributed by atoms with Gasteiger partial charge in [0.15, 0.2) is 0 Å². The van der Waals surface area contributed by atoms with Gasteiger partial charge in [0.05, 0.1) is 0 Å². The first-order valence-electron chi connectivity index (χ1n) is 6.50. The molecule has 1 heterocycles. The Morgan fingerprint density at radius 1 is 1.29 bits per heavy atom. The third-order valence-corrected chi connectivity index (χ3v) is 5.28. The van der Waals surface area contributed by atoms with Crippen molar-refractivity contribution < 1.29 is 0 Å². The van der Waals surface area contributed by atoms with Crippen LogP contribution < -0.4 is 5.32 Å². The molecule has 1 N–H and O–H groups in total. The fourth-order valence-corrected chi connectivity index (χ4v) is 3.83. The molecule has 0 aromatic heterocycles. The Balaban J connectivity index is 1.90. The molecule has 0 aliphatic carbocycles. The van der Waals surface area contributed by atoms with Gasteiger partial charge in [-0.3, -0.25) is 0 Å². The van der Waals surface area contributed by atoms with Crippen LogP contribution in [0.25, 0.3) is 0 Å². The van der Waals surface area contributed by atoms with Gasteiger partial charge in [0.1, 0.15) is 0 Å². The highest BCUT2D eigenvalue weighted by molar-refractivity contribution is 8.00. The van der Waals surface area contributed by atoms with Crippen LogP contribution in [0.15, 0.2) is 18.2 Å². The third-order valence-electron chi connectivity index (χ3n) is 3.75. The van der Waals surface area contributed by atoms with E-state index in [1.165, 1.54) is 35.3 Å². The van der Waals surface area contributed by atoms with E-state index in [0.717, 1.165) is 13.1 Å². The number of hydrogen-bond donors (Lipinski definition) is 1. The average molecular weight is 249 g/mol. The predicted molar refractivity (Wildman–Crippen MR) is 77.7 cm³/mol. The van der Waals surface area contributed by atoms with Gasteiger partial charge in [-0.25, -0.2) is 0 Å². The summed E-state index contributed by atoms with van der Waals surface area (Å²) in [6.07, 6.45) is 2.74. The Morgan fingerprint density at radius 2 is 2.00 bits per heavy atom. The molecule has 1 aromatic carbocycles. The molecule has 17 heavy (non-hydrogen) atoms. The Morgan fingerprint density at radius 3 is 2.59 bits per heavy atom. The predicted octanol–water partition coefficient (Wildman–Crippen LogP) is 3.68. The molecule has 1 aliphatic heterocycles. The van der Waals surface area contributed by atoms with E-state index in [4.69, 9.17) is 0 Å². The zero-order chi connectivity index (χ0) is 12.3. The van der Waals surface area contributed by atoms with Crippen molar-refractivity contribution in [1.82, 2.24) is 5.32 Å². The van der Waals surface area contributed by atoms with E-state index in [-0.39, 0.29) is 0 Å². The summed E-state index contributed by atoms with van der Waals surface area (Å²) in [6, 6.07) is 6.55. The van der Waals surface area contributed by atoms with Crippen molar-refractivity contribution in [2.24, 2.45) is 0 Å². The lowest BCUT2D eigenvalue weighted by atomic mass is 10.0. The Kier molecular flexibility index (Phi) is 4.16. The van der Waals surface area contributed by atoms with Gasteiger partial charge in [-0.2, -0.15) is 11.8 Å². The van der Waals surface area contributed by atoms with E-state index in [1.54, 1.807) is 0 Å². The number of nitrogens with one attached hydrogen (secondary N) is 1. The summed E-state index contributed by atoms with van der Waals surface area (Å²) in [6.45, 7) is 8.94. The van der Waals surface area contributed by atoms with Crippen molar-refractivity contribution in [3.63, 3.8) is 0 Å². The maximum Gasteiger partial charge on any atom is 0.0256 e. The lowest BCUT2D eigenvalue weighted by Gasteiger charge is -2.23. The standard InChI is InChI=1S/C15H23NS/c1-12-6-4-7-13(2)14(12)10-16-11-15(3)8-5-9-17-15/h4,6-7,16H,5,8-11H2,1-3H3. The number of aryl methyl sites for hydroxylation is 2. The van der Waals surface area contributed by atoms with Gasteiger partial charge >= 0.3 is 0 Å². The molecule has 2 heteroatoms. The lowest BCUT2D eigenvalue weighted by Crippen LogP contribution is -2.32. The van der Waals surface area contributed by atoms with Crippen molar-refractivity contribution >= 4 is 11.8 Å². The largest absolute Gasteiger partial charge is 0.311 e. The van der Waals surface area contributed by atoms with Gasteiger partial charge in [0.25, 0.3) is 0 Å². The molecule has 0 amide bonds. The van der Waals surface area contributed by atoms with Crippen molar-refractivity contribution in [3.05, 3.63) is 34.9 Å². The molecule has 1 aliphatic rings. The van der Waals surface area contributed by atoms with Crippen LogP contribution in [0.3, 0.4) is 0 Å². The molecule has 94 valence electrons. The highest BCUT2D eigenvalue weighted by atomic mass is 32.2. The molecule has 1 fully saturated rings. The summed E-state index contributed by atoms with van der Waals surface area (Å²) in [7, 11) is 0. The molecular formula is C15H23NS.